The Morgan fingerprint density at radius 1 is 1.26 bits per heavy atom. The van der Waals surface area contributed by atoms with Gasteiger partial charge >= 0.3 is 0 Å². The summed E-state index contributed by atoms with van der Waals surface area (Å²) in [5.41, 5.74) is 2.69. The van der Waals surface area contributed by atoms with E-state index in [2.05, 4.69) is 22.0 Å². The van der Waals surface area contributed by atoms with Gasteiger partial charge in [0.15, 0.2) is 11.5 Å². The van der Waals surface area contributed by atoms with Crippen LogP contribution in [0.5, 0.6) is 11.5 Å². The van der Waals surface area contributed by atoms with Gasteiger partial charge in [-0.05, 0) is 18.2 Å². The van der Waals surface area contributed by atoms with Gasteiger partial charge in [-0.3, -0.25) is 4.79 Å². The fourth-order valence-electron chi connectivity index (χ4n) is 3.86. The van der Waals surface area contributed by atoms with Gasteiger partial charge in [0.2, 0.25) is 11.0 Å². The zero-order valence-electron chi connectivity index (χ0n) is 16.9. The summed E-state index contributed by atoms with van der Waals surface area (Å²) in [6.07, 6.45) is 3.76. The van der Waals surface area contributed by atoms with Gasteiger partial charge in [-0.25, -0.2) is 4.98 Å². The Morgan fingerprint density at radius 3 is 2.94 bits per heavy atom. The topological polar surface area (TPSA) is 78.3 Å². The third-order valence-corrected chi connectivity index (χ3v) is 6.25. The van der Waals surface area contributed by atoms with E-state index in [0.717, 1.165) is 21.3 Å². The number of hydrogen-bond donors (Lipinski definition) is 1. The lowest BCUT2D eigenvalue weighted by atomic mass is 9.86. The summed E-state index contributed by atoms with van der Waals surface area (Å²) < 4.78 is 14.2. The van der Waals surface area contributed by atoms with Crippen LogP contribution in [0.25, 0.3) is 15.3 Å². The number of nitrogens with one attached hydrogen (secondary N) is 1. The Bertz CT molecular complexity index is 1260. The predicted molar refractivity (Wildman–Crippen MR) is 121 cm³/mol. The highest BCUT2D eigenvalue weighted by molar-refractivity contribution is 7.20. The molecule has 31 heavy (non-hydrogen) atoms. The van der Waals surface area contributed by atoms with Crippen LogP contribution in [-0.2, 0) is 4.79 Å². The maximum absolute atomic E-state index is 12.7. The maximum atomic E-state index is 12.7. The molecular weight excluding hydrogens is 412 g/mol. The Balaban J connectivity index is 1.62. The second-order valence-electron chi connectivity index (χ2n) is 7.11. The van der Waals surface area contributed by atoms with Gasteiger partial charge in [0, 0.05) is 23.5 Å². The number of aromatic nitrogens is 3. The first-order valence-electron chi connectivity index (χ1n) is 9.84. The van der Waals surface area contributed by atoms with Crippen LogP contribution in [0, 0.1) is 0 Å². The summed E-state index contributed by atoms with van der Waals surface area (Å²) >= 11 is 1.53. The van der Waals surface area contributed by atoms with Gasteiger partial charge in [-0.2, -0.15) is 9.78 Å². The van der Waals surface area contributed by atoms with Crippen molar-refractivity contribution < 1.29 is 14.3 Å². The quantitative estimate of drug-likeness (QED) is 0.453. The Kier molecular flexibility index (Phi) is 4.91. The zero-order valence-corrected chi connectivity index (χ0v) is 17.7. The molecule has 7 nitrogen and oxygen atoms in total. The molecule has 0 saturated carbocycles. The number of anilines is 1. The van der Waals surface area contributed by atoms with Crippen molar-refractivity contribution in [3.63, 3.8) is 0 Å². The normalized spacial score (nSPS) is 15.4. The molecule has 3 heterocycles. The SMILES string of the molecule is C=CCOc1c(OC)cccc1C1CC(=O)Nc2c1cnn2-c1nc2ccccc2s1. The molecule has 1 unspecified atom stereocenters. The van der Waals surface area contributed by atoms with Crippen molar-refractivity contribution in [3.8, 4) is 16.6 Å². The first kappa shape index (κ1) is 19.3. The molecule has 4 aromatic rings. The summed E-state index contributed by atoms with van der Waals surface area (Å²) in [5.74, 6) is 1.56. The van der Waals surface area contributed by atoms with Gasteiger partial charge < -0.3 is 14.8 Å². The molecule has 2 aromatic heterocycles. The first-order chi connectivity index (χ1) is 15.2. The van der Waals surface area contributed by atoms with Crippen molar-refractivity contribution in [1.82, 2.24) is 14.8 Å². The second-order valence-corrected chi connectivity index (χ2v) is 8.12. The van der Waals surface area contributed by atoms with Crippen molar-refractivity contribution in [1.29, 1.82) is 0 Å². The standard InChI is InChI=1S/C23H20N4O3S/c1-3-11-30-21-14(7-6-9-18(21)29-2)15-12-20(28)26-22-16(15)13-24-27(22)23-25-17-8-4-5-10-19(17)31-23/h3-10,13,15H,1,11-12H2,2H3,(H,26,28). The van der Waals surface area contributed by atoms with Crippen LogP contribution >= 0.6 is 11.3 Å². The third-order valence-electron chi connectivity index (χ3n) is 5.23. The Hall–Kier alpha value is -3.65. The molecular formula is C23H20N4O3S. The molecule has 0 fully saturated rings. The molecule has 156 valence electrons. The molecule has 5 rings (SSSR count). The van der Waals surface area contributed by atoms with E-state index in [9.17, 15) is 4.79 Å². The summed E-state index contributed by atoms with van der Waals surface area (Å²) in [4.78, 5) is 17.4. The van der Waals surface area contributed by atoms with E-state index in [1.54, 1.807) is 24.1 Å². The number of nitrogens with zero attached hydrogens (tertiary/aromatic N) is 3. The van der Waals surface area contributed by atoms with Crippen molar-refractivity contribution in [3.05, 3.63) is 72.4 Å². The summed E-state index contributed by atoms with van der Waals surface area (Å²) in [7, 11) is 1.60. The molecule has 2 aromatic carbocycles. The minimum atomic E-state index is -0.221. The van der Waals surface area contributed by atoms with E-state index in [-0.39, 0.29) is 18.2 Å². The zero-order chi connectivity index (χ0) is 21.4. The number of carbonyl (C=O) groups is 1. The number of thiazole rings is 1. The molecule has 8 heteroatoms. The Labute approximate surface area is 182 Å². The number of carbonyl (C=O) groups excluding carboxylic acids is 1. The lowest BCUT2D eigenvalue weighted by molar-refractivity contribution is -0.116. The number of benzene rings is 2. The molecule has 0 spiro atoms. The van der Waals surface area contributed by atoms with Gasteiger partial charge in [0.25, 0.3) is 0 Å². The predicted octanol–water partition coefficient (Wildman–Crippen LogP) is 4.53. The molecule has 0 saturated heterocycles. The summed E-state index contributed by atoms with van der Waals surface area (Å²) in [6, 6.07) is 13.6. The van der Waals surface area contributed by atoms with Gasteiger partial charge in [-0.1, -0.05) is 48.3 Å². The summed E-state index contributed by atoms with van der Waals surface area (Å²) in [6.45, 7) is 4.06. The fourth-order valence-corrected chi connectivity index (χ4v) is 4.79. The largest absolute Gasteiger partial charge is 0.493 e. The smallest absolute Gasteiger partial charge is 0.226 e. The van der Waals surface area contributed by atoms with E-state index in [0.29, 0.717) is 29.1 Å². The average Bonchev–Trinajstić information content (AvgIpc) is 3.40. The van der Waals surface area contributed by atoms with Crippen LogP contribution in [0.3, 0.4) is 0 Å². The first-order valence-corrected chi connectivity index (χ1v) is 10.7. The molecule has 0 aliphatic carbocycles. The fraction of sp³-hybridized carbons (Fsp3) is 0.174. The molecule has 1 atom stereocenters. The molecule has 1 aliphatic rings. The van der Waals surface area contributed by atoms with Crippen LogP contribution in [-0.4, -0.2) is 34.4 Å². The van der Waals surface area contributed by atoms with Crippen LogP contribution in [0.2, 0.25) is 0 Å². The van der Waals surface area contributed by atoms with Crippen LogP contribution in [0.4, 0.5) is 5.82 Å². The second kappa shape index (κ2) is 7.88. The summed E-state index contributed by atoms with van der Waals surface area (Å²) in [5, 5.41) is 8.26. The number of rotatable bonds is 6. The van der Waals surface area contributed by atoms with Crippen molar-refractivity contribution in [2.45, 2.75) is 12.3 Å². The molecule has 1 aliphatic heterocycles. The number of para-hydroxylation sites is 2. The van der Waals surface area contributed by atoms with E-state index >= 15 is 0 Å². The third kappa shape index (κ3) is 3.34. The van der Waals surface area contributed by atoms with Crippen molar-refractivity contribution in [2.24, 2.45) is 0 Å². The van der Waals surface area contributed by atoms with E-state index < -0.39 is 0 Å². The number of ether oxygens (including phenoxy) is 2. The van der Waals surface area contributed by atoms with Crippen molar-refractivity contribution in [2.75, 3.05) is 19.0 Å². The number of amides is 1. The van der Waals surface area contributed by atoms with E-state index in [1.807, 2.05) is 42.5 Å². The van der Waals surface area contributed by atoms with Gasteiger partial charge in [0.05, 0.1) is 23.5 Å². The highest BCUT2D eigenvalue weighted by Gasteiger charge is 2.33. The van der Waals surface area contributed by atoms with Gasteiger partial charge in [-0.15, -0.1) is 0 Å². The number of hydrogen-bond acceptors (Lipinski definition) is 6. The highest BCUT2D eigenvalue weighted by Crippen LogP contribution is 2.44. The monoisotopic (exact) mass is 432 g/mol. The molecule has 1 N–H and O–H groups in total. The maximum Gasteiger partial charge on any atom is 0.226 e. The molecule has 0 bridgehead atoms. The van der Waals surface area contributed by atoms with Crippen LogP contribution < -0.4 is 14.8 Å². The van der Waals surface area contributed by atoms with Crippen molar-refractivity contribution >= 4 is 33.3 Å². The lowest BCUT2D eigenvalue weighted by Gasteiger charge is -2.25. The Morgan fingerprint density at radius 2 is 2.13 bits per heavy atom. The molecule has 0 radical (unpaired) electrons. The van der Waals surface area contributed by atoms with Crippen LogP contribution in [0.1, 0.15) is 23.5 Å². The van der Waals surface area contributed by atoms with E-state index in [1.165, 1.54) is 11.3 Å². The van der Waals surface area contributed by atoms with Crippen LogP contribution in [0.15, 0.2) is 61.3 Å². The van der Waals surface area contributed by atoms with Gasteiger partial charge in [0.1, 0.15) is 12.4 Å². The number of fused-ring (bicyclic) bond motifs is 2. The highest BCUT2D eigenvalue weighted by atomic mass is 32.1. The van der Waals surface area contributed by atoms with E-state index in [4.69, 9.17) is 9.47 Å². The number of methoxy groups -OCH3 is 1. The minimum absolute atomic E-state index is 0.0853. The molecule has 1 amide bonds. The minimum Gasteiger partial charge on any atom is -0.493 e. The lowest BCUT2D eigenvalue weighted by Crippen LogP contribution is -2.25. The average molecular weight is 433 g/mol.